The Hall–Kier alpha value is -1.06. The minimum Gasteiger partial charge on any atom is -0.450 e. The average Bonchev–Trinajstić information content (AvgIpc) is 1.95. The molecule has 0 rings (SSSR count). The van der Waals surface area contributed by atoms with Gasteiger partial charge in [0.25, 0.3) is 10.1 Å². The van der Waals surface area contributed by atoms with Gasteiger partial charge in [-0.1, -0.05) is 5.92 Å². The van der Waals surface area contributed by atoms with Gasteiger partial charge in [-0.15, -0.1) is 6.42 Å². The highest BCUT2D eigenvalue weighted by atomic mass is 32.2. The summed E-state index contributed by atoms with van der Waals surface area (Å²) in [6, 6.07) is 0. The Morgan fingerprint density at radius 1 is 1.50 bits per heavy atom. The Labute approximate surface area is 83.5 Å². The third-order valence-electron chi connectivity index (χ3n) is 1.14. The Morgan fingerprint density at radius 2 is 2.00 bits per heavy atom. The van der Waals surface area contributed by atoms with Gasteiger partial charge < -0.3 is 4.74 Å². The molecule has 6 heteroatoms. The molecule has 5 nitrogen and oxygen atoms in total. The number of hydrogen-bond acceptors (Lipinski definition) is 5. The van der Waals surface area contributed by atoms with E-state index in [0.717, 1.165) is 6.26 Å². The molecule has 0 amide bonds. The zero-order valence-corrected chi connectivity index (χ0v) is 9.05. The smallest absolute Gasteiger partial charge is 0.340 e. The normalized spacial score (nSPS) is 11.9. The van der Waals surface area contributed by atoms with E-state index in [4.69, 9.17) is 6.42 Å². The molecule has 0 atom stereocenters. The lowest BCUT2D eigenvalue weighted by Crippen LogP contribution is -2.38. The van der Waals surface area contributed by atoms with E-state index in [1.165, 1.54) is 13.8 Å². The zero-order valence-electron chi connectivity index (χ0n) is 8.23. The fraction of sp³-hybridized carbons (Fsp3) is 0.625. The van der Waals surface area contributed by atoms with Crippen molar-refractivity contribution in [3.8, 4) is 12.3 Å². The number of carbonyl (C=O) groups is 1. The lowest BCUT2D eigenvalue weighted by Gasteiger charge is -2.20. The van der Waals surface area contributed by atoms with Crippen LogP contribution in [0.4, 0.5) is 0 Å². The van der Waals surface area contributed by atoms with Crippen molar-refractivity contribution in [3.05, 3.63) is 0 Å². The number of rotatable bonds is 4. The Bertz CT molecular complexity index is 346. The number of carbonyl (C=O) groups excluding carboxylic acids is 1. The summed E-state index contributed by atoms with van der Waals surface area (Å²) in [4.78, 5) is 11.2. The molecule has 0 fully saturated rings. The number of ether oxygens (including phenoxy) is 1. The Kier molecular flexibility index (Phi) is 4.10. The molecule has 0 aliphatic rings. The highest BCUT2D eigenvalue weighted by Gasteiger charge is 2.34. The monoisotopic (exact) mass is 220 g/mol. The molecule has 0 aromatic heterocycles. The molecule has 0 heterocycles. The summed E-state index contributed by atoms with van der Waals surface area (Å²) in [6.45, 7) is 2.36. The predicted molar refractivity (Wildman–Crippen MR) is 49.8 cm³/mol. The molecule has 0 aliphatic carbocycles. The SMILES string of the molecule is C#CCOC(=O)C(C)(C)OS(C)(=O)=O. The molecule has 14 heavy (non-hydrogen) atoms. The van der Waals surface area contributed by atoms with Crippen molar-refractivity contribution in [2.24, 2.45) is 0 Å². The van der Waals surface area contributed by atoms with Crippen molar-refractivity contribution in [1.29, 1.82) is 0 Å². The second-order valence-electron chi connectivity index (χ2n) is 3.08. The van der Waals surface area contributed by atoms with E-state index in [0.29, 0.717) is 0 Å². The largest absolute Gasteiger partial charge is 0.450 e. The summed E-state index contributed by atoms with van der Waals surface area (Å²) in [5, 5.41) is 0. The molecule has 0 bridgehead atoms. The van der Waals surface area contributed by atoms with Crippen LogP contribution in [0.3, 0.4) is 0 Å². The molecule has 0 saturated carbocycles. The summed E-state index contributed by atoms with van der Waals surface area (Å²) in [5.74, 6) is 1.27. The fourth-order valence-corrected chi connectivity index (χ4v) is 1.52. The van der Waals surface area contributed by atoms with Crippen LogP contribution >= 0.6 is 0 Å². The third kappa shape index (κ3) is 4.84. The molecule has 80 valence electrons. The summed E-state index contributed by atoms with van der Waals surface area (Å²) < 4.78 is 30.6. The maximum absolute atomic E-state index is 11.2. The van der Waals surface area contributed by atoms with Crippen LogP contribution in [0, 0.1) is 12.3 Å². The van der Waals surface area contributed by atoms with E-state index in [1.54, 1.807) is 0 Å². The van der Waals surface area contributed by atoms with Crippen LogP contribution in [0.25, 0.3) is 0 Å². The Morgan fingerprint density at radius 3 is 2.36 bits per heavy atom. The lowest BCUT2D eigenvalue weighted by atomic mass is 10.1. The summed E-state index contributed by atoms with van der Waals surface area (Å²) in [7, 11) is -3.70. The van der Waals surface area contributed by atoms with Gasteiger partial charge in [-0.25, -0.2) is 4.79 Å². The molecule has 0 aromatic rings. The van der Waals surface area contributed by atoms with Gasteiger partial charge in [0.05, 0.1) is 6.26 Å². The Balaban J connectivity index is 4.48. The number of esters is 1. The van der Waals surface area contributed by atoms with E-state index in [2.05, 4.69) is 14.8 Å². The van der Waals surface area contributed by atoms with Gasteiger partial charge in [-0.05, 0) is 13.8 Å². The topological polar surface area (TPSA) is 69.7 Å². The fourth-order valence-electron chi connectivity index (χ4n) is 0.693. The maximum atomic E-state index is 11.2. The van der Waals surface area contributed by atoms with Crippen molar-refractivity contribution in [2.75, 3.05) is 12.9 Å². The van der Waals surface area contributed by atoms with Crippen LogP contribution < -0.4 is 0 Å². The molecule has 0 saturated heterocycles. The van der Waals surface area contributed by atoms with Crippen molar-refractivity contribution >= 4 is 16.1 Å². The van der Waals surface area contributed by atoms with Gasteiger partial charge in [-0.2, -0.15) is 8.42 Å². The van der Waals surface area contributed by atoms with Crippen LogP contribution in [0.5, 0.6) is 0 Å². The minimum absolute atomic E-state index is 0.213. The van der Waals surface area contributed by atoms with Gasteiger partial charge in [0.2, 0.25) is 0 Å². The second kappa shape index (κ2) is 4.44. The van der Waals surface area contributed by atoms with E-state index in [9.17, 15) is 13.2 Å². The number of terminal acetylenes is 1. The van der Waals surface area contributed by atoms with Crippen molar-refractivity contribution in [2.45, 2.75) is 19.4 Å². The molecule has 0 aromatic carbocycles. The highest BCUT2D eigenvalue weighted by molar-refractivity contribution is 7.86. The second-order valence-corrected chi connectivity index (χ2v) is 4.65. The van der Waals surface area contributed by atoms with Crippen molar-refractivity contribution in [3.63, 3.8) is 0 Å². The van der Waals surface area contributed by atoms with Crippen molar-refractivity contribution < 1.29 is 22.1 Å². The first-order valence-electron chi connectivity index (χ1n) is 3.70. The molecule has 0 spiro atoms. The third-order valence-corrected chi connectivity index (χ3v) is 1.86. The molecule has 0 aliphatic heterocycles. The van der Waals surface area contributed by atoms with E-state index in [1.807, 2.05) is 0 Å². The minimum atomic E-state index is -3.70. The quantitative estimate of drug-likeness (QED) is 0.376. The first-order chi connectivity index (χ1) is 6.19. The van der Waals surface area contributed by atoms with Gasteiger partial charge in [0.1, 0.15) is 0 Å². The van der Waals surface area contributed by atoms with Crippen molar-refractivity contribution in [1.82, 2.24) is 0 Å². The molecular weight excluding hydrogens is 208 g/mol. The molecule has 0 unspecified atom stereocenters. The van der Waals surface area contributed by atoms with E-state index < -0.39 is 21.7 Å². The van der Waals surface area contributed by atoms with Crippen LogP contribution in [0.2, 0.25) is 0 Å². The maximum Gasteiger partial charge on any atom is 0.340 e. The average molecular weight is 220 g/mol. The van der Waals surface area contributed by atoms with Crippen LogP contribution in [-0.4, -0.2) is 32.9 Å². The van der Waals surface area contributed by atoms with Crippen LogP contribution in [-0.2, 0) is 23.8 Å². The van der Waals surface area contributed by atoms with Gasteiger partial charge >= 0.3 is 5.97 Å². The number of hydrogen-bond donors (Lipinski definition) is 0. The van der Waals surface area contributed by atoms with E-state index >= 15 is 0 Å². The zero-order chi connectivity index (χ0) is 11.4. The van der Waals surface area contributed by atoms with E-state index in [-0.39, 0.29) is 6.61 Å². The molecule has 0 N–H and O–H groups in total. The summed E-state index contributed by atoms with van der Waals surface area (Å²) in [5.41, 5.74) is -1.55. The van der Waals surface area contributed by atoms with Crippen LogP contribution in [0.15, 0.2) is 0 Å². The predicted octanol–water partition coefficient (Wildman–Crippen LogP) is -0.0824. The van der Waals surface area contributed by atoms with Gasteiger partial charge in [-0.3, -0.25) is 4.18 Å². The molecular formula is C8H12O5S. The highest BCUT2D eigenvalue weighted by Crippen LogP contribution is 2.14. The van der Waals surface area contributed by atoms with Gasteiger partial charge in [0, 0.05) is 0 Å². The summed E-state index contributed by atoms with van der Waals surface area (Å²) >= 11 is 0. The summed E-state index contributed by atoms with van der Waals surface area (Å²) in [6.07, 6.45) is 5.71. The van der Waals surface area contributed by atoms with Gasteiger partial charge in [0.15, 0.2) is 12.2 Å². The van der Waals surface area contributed by atoms with Crippen LogP contribution in [0.1, 0.15) is 13.8 Å². The first-order valence-corrected chi connectivity index (χ1v) is 5.52. The lowest BCUT2D eigenvalue weighted by molar-refractivity contribution is -0.157. The first kappa shape index (κ1) is 12.9. The standard InChI is InChI=1S/C8H12O5S/c1-5-6-12-7(9)8(2,3)13-14(4,10)11/h1H,6H2,2-4H3. The molecule has 0 radical (unpaired) electrons.